The number of H-pyrrole nitrogens is 1. The number of nitrogens with zero attached hydrogens (tertiary/aromatic N) is 1. The Morgan fingerprint density at radius 3 is 2.68 bits per heavy atom. The van der Waals surface area contributed by atoms with E-state index >= 15 is 0 Å². The fourth-order valence-corrected chi connectivity index (χ4v) is 4.42. The number of carboxylic acid groups (broad SMARTS) is 1. The molecule has 0 radical (unpaired) electrons. The summed E-state index contributed by atoms with van der Waals surface area (Å²) in [5, 5.41) is 11.5. The summed E-state index contributed by atoms with van der Waals surface area (Å²) < 4.78 is 18.5. The van der Waals surface area contributed by atoms with E-state index in [9.17, 15) is 19.3 Å². The molecule has 0 amide bonds. The van der Waals surface area contributed by atoms with Gasteiger partial charge in [-0.1, -0.05) is 0 Å². The standard InChI is InChI=1S/C15H24N3O8PS/c1-8(2)25-12-9(6-16-27(23,28)7-11(20)21)26-14(13(12)24-3)18-5-4-10(19)17-15(18)22/h4-5,8-9,12-14H,6-7H2,1-3H3,(H,20,21)(H2,16,23,28)(H,17,19,22)/t9-,12-,13-,14-,27?/m1/s1. The maximum absolute atomic E-state index is 12.2. The lowest BCUT2D eigenvalue weighted by Gasteiger charge is -2.26. The van der Waals surface area contributed by atoms with Crippen LogP contribution in [-0.4, -0.2) is 69.8 Å². The first-order chi connectivity index (χ1) is 13.0. The molecule has 1 fully saturated rings. The number of hydrogen-bond donors (Lipinski definition) is 4. The third-order valence-electron chi connectivity index (χ3n) is 4.00. The molecule has 0 bridgehead atoms. The summed E-state index contributed by atoms with van der Waals surface area (Å²) in [4.78, 5) is 46.6. The summed E-state index contributed by atoms with van der Waals surface area (Å²) >= 11 is 4.95. The van der Waals surface area contributed by atoms with Crippen LogP contribution in [0, 0.1) is 0 Å². The van der Waals surface area contributed by atoms with E-state index in [4.69, 9.17) is 31.1 Å². The van der Waals surface area contributed by atoms with Gasteiger partial charge in [-0.05, 0) is 25.7 Å². The molecule has 0 aliphatic carbocycles. The van der Waals surface area contributed by atoms with Gasteiger partial charge in [-0.2, -0.15) is 0 Å². The molecule has 1 unspecified atom stereocenters. The summed E-state index contributed by atoms with van der Waals surface area (Å²) in [6.45, 7) is 3.63. The molecule has 5 atom stereocenters. The van der Waals surface area contributed by atoms with Gasteiger partial charge in [0.1, 0.15) is 30.9 Å². The molecule has 2 rings (SSSR count). The molecule has 0 spiro atoms. The van der Waals surface area contributed by atoms with Crippen LogP contribution in [0.5, 0.6) is 0 Å². The van der Waals surface area contributed by atoms with E-state index in [0.717, 1.165) is 0 Å². The number of methoxy groups -OCH3 is 1. The van der Waals surface area contributed by atoms with Gasteiger partial charge < -0.3 is 24.2 Å². The number of carbonyl (C=O) groups is 1. The Morgan fingerprint density at radius 2 is 2.14 bits per heavy atom. The Bertz CT molecular complexity index is 856. The maximum Gasteiger partial charge on any atom is 0.330 e. The largest absolute Gasteiger partial charge is 0.481 e. The Hall–Kier alpha value is -1.40. The topological polar surface area (TPSA) is 152 Å². The molecule has 0 aromatic carbocycles. The van der Waals surface area contributed by atoms with Gasteiger partial charge in [0, 0.05) is 25.9 Å². The van der Waals surface area contributed by atoms with Crippen LogP contribution in [0.15, 0.2) is 21.9 Å². The molecule has 1 aliphatic rings. The molecule has 11 nitrogen and oxygen atoms in total. The predicted octanol–water partition coefficient (Wildman–Crippen LogP) is -0.781. The molecule has 1 aliphatic heterocycles. The summed E-state index contributed by atoms with van der Waals surface area (Å²) in [6, 6.07) is 1.18. The molecule has 1 saturated heterocycles. The van der Waals surface area contributed by atoms with Crippen molar-refractivity contribution in [2.45, 2.75) is 44.5 Å². The van der Waals surface area contributed by atoms with Crippen molar-refractivity contribution in [3.05, 3.63) is 33.1 Å². The van der Waals surface area contributed by atoms with E-state index in [0.29, 0.717) is 0 Å². The number of rotatable bonds is 9. The number of aromatic amines is 1. The van der Waals surface area contributed by atoms with Crippen LogP contribution >= 0.6 is 6.42 Å². The summed E-state index contributed by atoms with van der Waals surface area (Å²) in [5.74, 6) is -1.21. The molecule has 2 heterocycles. The normalized spacial score (nSPS) is 27.0. The molecule has 1 aromatic rings. The van der Waals surface area contributed by atoms with Crippen LogP contribution < -0.4 is 16.3 Å². The van der Waals surface area contributed by atoms with Crippen molar-refractivity contribution >= 4 is 24.2 Å². The van der Waals surface area contributed by atoms with E-state index in [-0.39, 0.29) is 12.6 Å². The Balaban J connectivity index is 2.28. The highest BCUT2D eigenvalue weighted by Gasteiger charge is 2.47. The monoisotopic (exact) mass is 437 g/mol. The molecule has 28 heavy (non-hydrogen) atoms. The van der Waals surface area contributed by atoms with Crippen LogP contribution in [0.4, 0.5) is 0 Å². The maximum atomic E-state index is 12.2. The van der Waals surface area contributed by atoms with Crippen molar-refractivity contribution in [3.63, 3.8) is 0 Å². The first-order valence-electron chi connectivity index (χ1n) is 8.48. The van der Waals surface area contributed by atoms with Gasteiger partial charge in [-0.3, -0.25) is 24.2 Å². The van der Waals surface area contributed by atoms with Crippen molar-refractivity contribution in [1.29, 1.82) is 0 Å². The second-order valence-corrected chi connectivity index (χ2v) is 10.4. The van der Waals surface area contributed by atoms with Crippen molar-refractivity contribution in [2.75, 3.05) is 19.8 Å². The highest BCUT2D eigenvalue weighted by molar-refractivity contribution is 8.11. The van der Waals surface area contributed by atoms with E-state index in [1.54, 1.807) is 0 Å². The lowest BCUT2D eigenvalue weighted by atomic mass is 10.1. The van der Waals surface area contributed by atoms with Crippen molar-refractivity contribution in [3.8, 4) is 0 Å². The van der Waals surface area contributed by atoms with Crippen molar-refractivity contribution in [1.82, 2.24) is 14.6 Å². The van der Waals surface area contributed by atoms with Crippen LogP contribution in [0.25, 0.3) is 0 Å². The number of aromatic nitrogens is 2. The van der Waals surface area contributed by atoms with E-state index < -0.39 is 54.3 Å². The minimum Gasteiger partial charge on any atom is -0.481 e. The Morgan fingerprint density at radius 1 is 1.46 bits per heavy atom. The lowest BCUT2D eigenvalue weighted by Crippen LogP contribution is -2.42. The van der Waals surface area contributed by atoms with Gasteiger partial charge in [-0.15, -0.1) is 0 Å². The zero-order valence-electron chi connectivity index (χ0n) is 15.6. The third-order valence-corrected chi connectivity index (χ3v) is 6.15. The number of ether oxygens (including phenoxy) is 3. The smallest absolute Gasteiger partial charge is 0.330 e. The number of carboxylic acids is 1. The second kappa shape index (κ2) is 9.40. The average Bonchev–Trinajstić information content (AvgIpc) is 2.88. The van der Waals surface area contributed by atoms with Gasteiger partial charge in [-0.25, -0.2) is 4.79 Å². The number of aliphatic carboxylic acids is 1. The minimum absolute atomic E-state index is 0.00704. The lowest BCUT2D eigenvalue weighted by molar-refractivity contribution is -0.134. The molecule has 1 aromatic heterocycles. The van der Waals surface area contributed by atoms with E-state index in [2.05, 4.69) is 10.1 Å². The first-order valence-corrected chi connectivity index (χ1v) is 11.4. The Labute approximate surface area is 165 Å². The Kier molecular flexibility index (Phi) is 7.68. The fourth-order valence-electron chi connectivity index (χ4n) is 2.93. The second-order valence-electron chi connectivity index (χ2n) is 6.55. The quantitative estimate of drug-likeness (QED) is 0.362. The zero-order valence-corrected chi connectivity index (χ0v) is 17.3. The van der Waals surface area contributed by atoms with Gasteiger partial charge in [0.15, 0.2) is 6.23 Å². The highest BCUT2D eigenvalue weighted by Crippen LogP contribution is 2.38. The molecule has 158 valence electrons. The first kappa shape index (κ1) is 22.9. The summed E-state index contributed by atoms with van der Waals surface area (Å²) in [5.41, 5.74) is -1.22. The predicted molar refractivity (Wildman–Crippen MR) is 103 cm³/mol. The van der Waals surface area contributed by atoms with E-state index in [1.165, 1.54) is 23.9 Å². The molecular formula is C15H24N3O8PS. The summed E-state index contributed by atoms with van der Waals surface area (Å²) in [6.07, 6.45) is -5.73. The fraction of sp³-hybridized carbons (Fsp3) is 0.667. The van der Waals surface area contributed by atoms with Crippen LogP contribution in [0.2, 0.25) is 0 Å². The van der Waals surface area contributed by atoms with Gasteiger partial charge in [0.05, 0.1) is 6.10 Å². The van der Waals surface area contributed by atoms with Gasteiger partial charge in [0.2, 0.25) is 0 Å². The van der Waals surface area contributed by atoms with Crippen LogP contribution in [-0.2, 0) is 30.8 Å². The number of hydrogen-bond acceptors (Lipinski definition) is 7. The number of nitrogens with one attached hydrogen (secondary N) is 2. The van der Waals surface area contributed by atoms with Crippen LogP contribution in [0.1, 0.15) is 20.1 Å². The zero-order chi connectivity index (χ0) is 21.1. The molecular weight excluding hydrogens is 413 g/mol. The van der Waals surface area contributed by atoms with Crippen LogP contribution in [0.3, 0.4) is 0 Å². The highest BCUT2D eigenvalue weighted by atomic mass is 32.4. The molecule has 4 N–H and O–H groups in total. The van der Waals surface area contributed by atoms with Gasteiger partial charge in [0.25, 0.3) is 5.56 Å². The SMILES string of the molecule is CO[C@@H]1[C@H](OC(C)C)[C@@H](CNP(O)(=S)CC(=O)O)O[C@H]1n1ccc(=O)[nH]c1=O. The van der Waals surface area contributed by atoms with Crippen molar-refractivity contribution < 1.29 is 29.0 Å². The van der Waals surface area contributed by atoms with Gasteiger partial charge >= 0.3 is 11.7 Å². The van der Waals surface area contributed by atoms with E-state index in [1.807, 2.05) is 13.8 Å². The summed E-state index contributed by atoms with van der Waals surface area (Å²) in [7, 11) is 1.44. The average molecular weight is 437 g/mol. The molecule has 13 heteroatoms. The molecule has 0 saturated carbocycles. The van der Waals surface area contributed by atoms with Crippen molar-refractivity contribution in [2.24, 2.45) is 0 Å². The minimum atomic E-state index is -3.31. The third kappa shape index (κ3) is 5.80.